The van der Waals surface area contributed by atoms with E-state index in [1.54, 1.807) is 0 Å². The molecule has 1 aromatic rings. The third-order valence-electron chi connectivity index (χ3n) is 4.33. The highest BCUT2D eigenvalue weighted by molar-refractivity contribution is 5.78. The van der Waals surface area contributed by atoms with Gasteiger partial charge in [0.25, 0.3) is 0 Å². The molecule has 0 saturated carbocycles. The molecule has 1 amide bonds. The highest BCUT2D eigenvalue weighted by atomic mass is 16.2. The number of piperidine rings is 1. The van der Waals surface area contributed by atoms with Crippen LogP contribution in [0.2, 0.25) is 0 Å². The minimum Gasteiger partial charge on any atom is -0.341 e. The van der Waals surface area contributed by atoms with Gasteiger partial charge < -0.3 is 10.2 Å². The summed E-state index contributed by atoms with van der Waals surface area (Å²) in [6, 6.07) is 10.8. The van der Waals surface area contributed by atoms with Gasteiger partial charge >= 0.3 is 0 Å². The number of likely N-dealkylation sites (N-methyl/N-ethyl adjacent to an activating group) is 1. The molecular weight excluding hydrogens is 248 g/mol. The van der Waals surface area contributed by atoms with Gasteiger partial charge in [-0.05, 0) is 30.9 Å². The smallest absolute Gasteiger partial charge is 0.223 e. The van der Waals surface area contributed by atoms with E-state index in [-0.39, 0.29) is 11.3 Å². The molecule has 1 N–H and O–H groups in total. The van der Waals surface area contributed by atoms with Crippen molar-refractivity contribution in [2.24, 2.45) is 0 Å². The predicted molar refractivity (Wildman–Crippen MR) is 82.7 cm³/mol. The van der Waals surface area contributed by atoms with Crippen LogP contribution >= 0.6 is 0 Å². The molecule has 20 heavy (non-hydrogen) atoms. The Bertz CT molecular complexity index is 442. The Hall–Kier alpha value is -1.35. The monoisotopic (exact) mass is 274 g/mol. The molecule has 110 valence electrons. The number of carbonyl (C=O) groups is 1. The minimum atomic E-state index is -0.106. The van der Waals surface area contributed by atoms with Gasteiger partial charge in [-0.1, -0.05) is 44.2 Å². The molecule has 0 radical (unpaired) electrons. The van der Waals surface area contributed by atoms with Crippen molar-refractivity contribution in [2.75, 3.05) is 20.1 Å². The minimum absolute atomic E-state index is 0.106. The zero-order chi connectivity index (χ0) is 14.6. The summed E-state index contributed by atoms with van der Waals surface area (Å²) in [7, 11) is 1.98. The van der Waals surface area contributed by atoms with Crippen LogP contribution in [0.3, 0.4) is 0 Å². The summed E-state index contributed by atoms with van der Waals surface area (Å²) in [6.45, 7) is 6.06. The molecule has 1 unspecified atom stereocenters. The first-order chi connectivity index (χ1) is 9.53. The summed E-state index contributed by atoms with van der Waals surface area (Å²) in [6.07, 6.45) is 2.85. The molecule has 1 heterocycles. The van der Waals surface area contributed by atoms with E-state index in [9.17, 15) is 4.79 Å². The first kappa shape index (κ1) is 15.0. The molecule has 0 spiro atoms. The van der Waals surface area contributed by atoms with Crippen molar-refractivity contribution < 1.29 is 4.79 Å². The van der Waals surface area contributed by atoms with E-state index in [1.165, 1.54) is 12.0 Å². The molecule has 3 heteroatoms. The maximum atomic E-state index is 12.5. The van der Waals surface area contributed by atoms with Gasteiger partial charge in [0.05, 0.1) is 0 Å². The number of rotatable bonds is 4. The van der Waals surface area contributed by atoms with E-state index >= 15 is 0 Å². The molecule has 1 aliphatic rings. The summed E-state index contributed by atoms with van der Waals surface area (Å²) in [5.41, 5.74) is 1.13. The Balaban J connectivity index is 2.00. The van der Waals surface area contributed by atoms with Crippen molar-refractivity contribution in [3.05, 3.63) is 35.9 Å². The first-order valence-electron chi connectivity index (χ1n) is 7.53. The second-order valence-corrected chi connectivity index (χ2v) is 6.39. The van der Waals surface area contributed by atoms with Crippen LogP contribution in [-0.4, -0.2) is 37.0 Å². The van der Waals surface area contributed by atoms with E-state index in [0.29, 0.717) is 12.5 Å². The van der Waals surface area contributed by atoms with Gasteiger partial charge in [0, 0.05) is 25.6 Å². The normalized spacial score (nSPS) is 19.9. The Labute approximate surface area is 122 Å². The Morgan fingerprint density at radius 3 is 2.70 bits per heavy atom. The van der Waals surface area contributed by atoms with Crippen LogP contribution in [0.5, 0.6) is 0 Å². The van der Waals surface area contributed by atoms with Gasteiger partial charge in [-0.15, -0.1) is 0 Å². The van der Waals surface area contributed by atoms with Crippen LogP contribution in [0.15, 0.2) is 30.3 Å². The molecule has 0 aliphatic carbocycles. The molecule has 1 aliphatic heterocycles. The lowest BCUT2D eigenvalue weighted by Gasteiger charge is -2.35. The summed E-state index contributed by atoms with van der Waals surface area (Å²) in [5, 5.41) is 3.29. The van der Waals surface area contributed by atoms with Gasteiger partial charge in [0.15, 0.2) is 0 Å². The molecule has 1 aromatic carbocycles. The highest BCUT2D eigenvalue weighted by Crippen LogP contribution is 2.28. The van der Waals surface area contributed by atoms with Crippen molar-refractivity contribution in [1.29, 1.82) is 0 Å². The second kappa shape index (κ2) is 6.40. The van der Waals surface area contributed by atoms with Crippen molar-refractivity contribution in [2.45, 2.75) is 44.6 Å². The lowest BCUT2D eigenvalue weighted by atomic mass is 9.81. The standard InChI is InChI=1S/C17H26N2O/c1-17(2,14-8-5-4-6-9-14)12-16(20)19-11-7-10-15(13-19)18-3/h4-6,8-9,15,18H,7,10-13H2,1-3H3. The molecule has 3 nitrogen and oxygen atoms in total. The van der Waals surface area contributed by atoms with Crippen LogP contribution in [0.4, 0.5) is 0 Å². The van der Waals surface area contributed by atoms with E-state index in [0.717, 1.165) is 19.5 Å². The topological polar surface area (TPSA) is 32.3 Å². The fraction of sp³-hybridized carbons (Fsp3) is 0.588. The van der Waals surface area contributed by atoms with Crippen molar-refractivity contribution in [3.63, 3.8) is 0 Å². The van der Waals surface area contributed by atoms with Gasteiger partial charge in [0.1, 0.15) is 0 Å². The fourth-order valence-electron chi connectivity index (χ4n) is 2.92. The lowest BCUT2D eigenvalue weighted by Crippen LogP contribution is -2.48. The maximum Gasteiger partial charge on any atom is 0.223 e. The van der Waals surface area contributed by atoms with Crippen LogP contribution < -0.4 is 5.32 Å². The average molecular weight is 274 g/mol. The maximum absolute atomic E-state index is 12.5. The summed E-state index contributed by atoms with van der Waals surface area (Å²) in [5.74, 6) is 0.277. The summed E-state index contributed by atoms with van der Waals surface area (Å²) < 4.78 is 0. The number of benzene rings is 1. The van der Waals surface area contributed by atoms with Crippen LogP contribution in [-0.2, 0) is 10.2 Å². The number of carbonyl (C=O) groups excluding carboxylic acids is 1. The van der Waals surface area contributed by atoms with E-state index < -0.39 is 0 Å². The van der Waals surface area contributed by atoms with Crippen LogP contribution in [0.25, 0.3) is 0 Å². The molecule has 1 saturated heterocycles. The number of hydrogen-bond acceptors (Lipinski definition) is 2. The molecule has 2 rings (SSSR count). The van der Waals surface area contributed by atoms with Gasteiger partial charge in [-0.2, -0.15) is 0 Å². The zero-order valence-electron chi connectivity index (χ0n) is 12.9. The van der Waals surface area contributed by atoms with E-state index in [4.69, 9.17) is 0 Å². The quantitative estimate of drug-likeness (QED) is 0.915. The largest absolute Gasteiger partial charge is 0.341 e. The van der Waals surface area contributed by atoms with Crippen molar-refractivity contribution in [1.82, 2.24) is 10.2 Å². The molecular formula is C17H26N2O. The van der Waals surface area contributed by atoms with Crippen molar-refractivity contribution in [3.8, 4) is 0 Å². The predicted octanol–water partition coefficient (Wildman–Crippen LogP) is 2.56. The van der Waals surface area contributed by atoms with E-state index in [2.05, 4.69) is 31.3 Å². The second-order valence-electron chi connectivity index (χ2n) is 6.39. The number of amides is 1. The Morgan fingerprint density at radius 1 is 1.35 bits per heavy atom. The van der Waals surface area contributed by atoms with Crippen LogP contribution in [0.1, 0.15) is 38.7 Å². The number of nitrogens with one attached hydrogen (secondary N) is 1. The van der Waals surface area contributed by atoms with Gasteiger partial charge in [-0.3, -0.25) is 4.79 Å². The lowest BCUT2D eigenvalue weighted by molar-refractivity contribution is -0.133. The third kappa shape index (κ3) is 3.60. The first-order valence-corrected chi connectivity index (χ1v) is 7.53. The number of nitrogens with zero attached hydrogens (tertiary/aromatic N) is 1. The molecule has 1 atom stereocenters. The molecule has 1 fully saturated rings. The Kier molecular flexibility index (Phi) is 4.81. The number of hydrogen-bond donors (Lipinski definition) is 1. The van der Waals surface area contributed by atoms with Gasteiger partial charge in [-0.25, -0.2) is 0 Å². The summed E-state index contributed by atoms with van der Waals surface area (Å²) >= 11 is 0. The Morgan fingerprint density at radius 2 is 2.05 bits per heavy atom. The molecule has 0 bridgehead atoms. The average Bonchev–Trinajstić information content (AvgIpc) is 2.48. The molecule has 0 aromatic heterocycles. The summed E-state index contributed by atoms with van der Waals surface area (Å²) in [4.78, 5) is 14.6. The van der Waals surface area contributed by atoms with Gasteiger partial charge in [0.2, 0.25) is 5.91 Å². The van der Waals surface area contributed by atoms with E-state index in [1.807, 2.05) is 30.1 Å². The fourth-order valence-corrected chi connectivity index (χ4v) is 2.92. The third-order valence-corrected chi connectivity index (χ3v) is 4.33. The zero-order valence-corrected chi connectivity index (χ0v) is 12.9. The number of likely N-dealkylation sites (tertiary alicyclic amines) is 1. The van der Waals surface area contributed by atoms with Crippen LogP contribution in [0, 0.1) is 0 Å². The van der Waals surface area contributed by atoms with Crippen molar-refractivity contribution >= 4 is 5.91 Å². The highest BCUT2D eigenvalue weighted by Gasteiger charge is 2.29. The SMILES string of the molecule is CNC1CCCN(C(=O)CC(C)(C)c2ccccc2)C1.